The van der Waals surface area contributed by atoms with Crippen molar-refractivity contribution in [3.8, 4) is 0 Å². The first-order chi connectivity index (χ1) is 15.6. The van der Waals surface area contributed by atoms with Crippen molar-refractivity contribution in [2.75, 3.05) is 0 Å². The normalized spacial score (nSPS) is 13.6. The van der Waals surface area contributed by atoms with Crippen LogP contribution in [-0.4, -0.2) is 11.6 Å². The molecule has 0 atom stereocenters. The van der Waals surface area contributed by atoms with Gasteiger partial charge in [-0.2, -0.15) is 0 Å². The Morgan fingerprint density at radius 1 is 0.406 bits per heavy atom. The maximum atomic E-state index is 12.3. The summed E-state index contributed by atoms with van der Waals surface area (Å²) in [5.41, 5.74) is 1.29. The quantitative estimate of drug-likeness (QED) is 0.196. The van der Waals surface area contributed by atoms with Gasteiger partial charge in [-0.05, 0) is 126 Å². The van der Waals surface area contributed by atoms with E-state index in [-0.39, 0.29) is 0 Å². The molecular formula is C30H16O2. The Labute approximate surface area is 183 Å². The third kappa shape index (κ3) is 2.47. The number of benzene rings is 6. The molecule has 6 aromatic rings. The lowest BCUT2D eigenvalue weighted by Crippen LogP contribution is -2.15. The molecule has 6 aromatic carbocycles. The molecule has 0 bridgehead atoms. The molecule has 7 rings (SSSR count). The minimum atomic E-state index is -0.456. The molecule has 0 spiro atoms. The smallest absolute Gasteiger partial charge is 0.233 e. The largest absolute Gasteiger partial charge is 0.286 e. The minimum absolute atomic E-state index is 0.429. The van der Waals surface area contributed by atoms with Crippen LogP contribution < -0.4 is 0 Å². The fraction of sp³-hybridized carbons (Fsp3) is 0. The highest BCUT2D eigenvalue weighted by atomic mass is 16.2. The molecule has 32 heavy (non-hydrogen) atoms. The second kappa shape index (κ2) is 6.12. The van der Waals surface area contributed by atoms with Crippen LogP contribution in [0.3, 0.4) is 0 Å². The van der Waals surface area contributed by atoms with Crippen LogP contribution in [0, 0.1) is 0 Å². The first kappa shape index (κ1) is 17.4. The third-order valence-electron chi connectivity index (χ3n) is 6.62. The summed E-state index contributed by atoms with van der Waals surface area (Å²) < 4.78 is 0. The fourth-order valence-electron chi connectivity index (χ4n) is 4.97. The van der Waals surface area contributed by atoms with Crippen molar-refractivity contribution >= 4 is 71.5 Å². The summed E-state index contributed by atoms with van der Waals surface area (Å²) in [4.78, 5) is 24.1. The number of carbonyl (C=O) groups excluding carboxylic acids is 2. The molecule has 0 amide bonds. The predicted octanol–water partition coefficient (Wildman–Crippen LogP) is 7.23. The molecular weight excluding hydrogens is 392 g/mol. The lowest BCUT2D eigenvalue weighted by molar-refractivity contribution is -0.110. The molecule has 1 aliphatic rings. The summed E-state index contributed by atoms with van der Waals surface area (Å²) >= 11 is 0. The van der Waals surface area contributed by atoms with Crippen LogP contribution in [0.2, 0.25) is 0 Å². The molecule has 0 unspecified atom stereocenters. The van der Waals surface area contributed by atoms with Gasteiger partial charge >= 0.3 is 0 Å². The first-order valence-corrected chi connectivity index (χ1v) is 10.7. The number of carbonyl (C=O) groups is 2. The average Bonchev–Trinajstić information content (AvgIpc) is 2.80. The number of rotatable bonds is 0. The Morgan fingerprint density at radius 2 is 0.812 bits per heavy atom. The molecule has 1 aliphatic carbocycles. The molecule has 0 aliphatic heterocycles. The van der Waals surface area contributed by atoms with Gasteiger partial charge in [-0.1, -0.05) is 30.3 Å². The van der Waals surface area contributed by atoms with Crippen LogP contribution in [0.1, 0.15) is 15.9 Å². The summed E-state index contributed by atoms with van der Waals surface area (Å²) in [6.45, 7) is 0. The molecule has 0 aromatic heterocycles. The van der Waals surface area contributed by atoms with Crippen molar-refractivity contribution in [2.45, 2.75) is 0 Å². The second-order valence-electron chi connectivity index (χ2n) is 8.61. The molecule has 0 fully saturated rings. The van der Waals surface area contributed by atoms with E-state index in [1.54, 1.807) is 6.08 Å². The summed E-state index contributed by atoms with van der Waals surface area (Å²) in [6.07, 6.45) is 3.10. The summed E-state index contributed by atoms with van der Waals surface area (Å²) in [5.74, 6) is -0.884. The van der Waals surface area contributed by atoms with Gasteiger partial charge in [-0.3, -0.25) is 9.59 Å². The van der Waals surface area contributed by atoms with Crippen molar-refractivity contribution in [3.63, 3.8) is 0 Å². The van der Waals surface area contributed by atoms with Crippen molar-refractivity contribution in [1.29, 1.82) is 0 Å². The maximum Gasteiger partial charge on any atom is 0.233 e. The zero-order valence-electron chi connectivity index (χ0n) is 17.1. The molecule has 0 radical (unpaired) electrons. The molecule has 0 N–H and O–H groups in total. The number of Topliss-reactive ketones (excluding diaryl/α,β-unsaturated/α-hetero) is 1. The Kier molecular flexibility index (Phi) is 3.32. The molecule has 0 saturated heterocycles. The van der Waals surface area contributed by atoms with Crippen LogP contribution in [0.25, 0.3) is 59.9 Å². The Hall–Kier alpha value is -4.30. The SMILES string of the molecule is O=C1C=Cc2cc3cc4cc5cc6cc7ccccc7cc6cc5cc4cc3cc2C1=O. The van der Waals surface area contributed by atoms with Crippen LogP contribution in [0.5, 0.6) is 0 Å². The zero-order valence-corrected chi connectivity index (χ0v) is 17.1. The number of allylic oxidation sites excluding steroid dienone is 1. The van der Waals surface area contributed by atoms with Crippen molar-refractivity contribution < 1.29 is 9.59 Å². The highest BCUT2D eigenvalue weighted by Gasteiger charge is 2.21. The zero-order chi connectivity index (χ0) is 21.4. The maximum absolute atomic E-state index is 12.3. The topological polar surface area (TPSA) is 34.1 Å². The number of hydrogen-bond donors (Lipinski definition) is 0. The van der Waals surface area contributed by atoms with Gasteiger partial charge in [0.1, 0.15) is 0 Å². The Bertz CT molecular complexity index is 1850. The second-order valence-corrected chi connectivity index (χ2v) is 8.61. The van der Waals surface area contributed by atoms with Gasteiger partial charge in [0.2, 0.25) is 11.6 Å². The van der Waals surface area contributed by atoms with Crippen LogP contribution in [0.15, 0.2) is 91.0 Å². The van der Waals surface area contributed by atoms with Crippen molar-refractivity contribution in [1.82, 2.24) is 0 Å². The molecule has 2 heteroatoms. The van der Waals surface area contributed by atoms with E-state index in [0.717, 1.165) is 27.1 Å². The van der Waals surface area contributed by atoms with Crippen LogP contribution in [0.4, 0.5) is 0 Å². The van der Waals surface area contributed by atoms with Gasteiger partial charge in [0.25, 0.3) is 0 Å². The van der Waals surface area contributed by atoms with E-state index in [1.807, 2.05) is 12.1 Å². The third-order valence-corrected chi connectivity index (χ3v) is 6.62. The highest BCUT2D eigenvalue weighted by molar-refractivity contribution is 6.50. The minimum Gasteiger partial charge on any atom is -0.286 e. The van der Waals surface area contributed by atoms with E-state index in [9.17, 15) is 9.59 Å². The van der Waals surface area contributed by atoms with Gasteiger partial charge in [0, 0.05) is 5.56 Å². The number of fused-ring (bicyclic) bond motifs is 6. The van der Waals surface area contributed by atoms with Crippen LogP contribution in [-0.2, 0) is 4.79 Å². The average molecular weight is 408 g/mol. The van der Waals surface area contributed by atoms with Crippen molar-refractivity contribution in [2.24, 2.45) is 0 Å². The lowest BCUT2D eigenvalue weighted by Gasteiger charge is -2.12. The molecule has 0 heterocycles. The fourth-order valence-corrected chi connectivity index (χ4v) is 4.97. The standard InChI is InChI=1S/C30H16O2/c31-29-6-5-19-9-22-12-25-13-23-10-20-7-17-3-1-2-4-18(17)8-21(20)11-24(23)14-26(25)15-27(22)16-28(19)30(29)32/h1-16H. The van der Waals surface area contributed by atoms with E-state index in [0.29, 0.717) is 5.56 Å². The summed E-state index contributed by atoms with van der Waals surface area (Å²) in [5, 5.41) is 11.7. The van der Waals surface area contributed by atoms with Gasteiger partial charge in [-0.15, -0.1) is 0 Å². The molecule has 148 valence electrons. The van der Waals surface area contributed by atoms with Gasteiger partial charge < -0.3 is 0 Å². The van der Waals surface area contributed by atoms with E-state index in [4.69, 9.17) is 0 Å². The van der Waals surface area contributed by atoms with E-state index in [2.05, 4.69) is 72.8 Å². The highest BCUT2D eigenvalue weighted by Crippen LogP contribution is 2.33. The predicted molar refractivity (Wildman–Crippen MR) is 132 cm³/mol. The number of hydrogen-bond acceptors (Lipinski definition) is 2. The molecule has 0 saturated carbocycles. The first-order valence-electron chi connectivity index (χ1n) is 10.7. The van der Waals surface area contributed by atoms with Gasteiger partial charge in [0.05, 0.1) is 0 Å². The van der Waals surface area contributed by atoms with Gasteiger partial charge in [-0.25, -0.2) is 0 Å². The number of ketones is 2. The molecule has 2 nitrogen and oxygen atoms in total. The lowest BCUT2D eigenvalue weighted by atomic mass is 9.90. The van der Waals surface area contributed by atoms with E-state index >= 15 is 0 Å². The summed E-state index contributed by atoms with van der Waals surface area (Å²) in [7, 11) is 0. The van der Waals surface area contributed by atoms with E-state index < -0.39 is 11.6 Å². The Balaban J connectivity index is 1.50. The monoisotopic (exact) mass is 408 g/mol. The van der Waals surface area contributed by atoms with Crippen molar-refractivity contribution in [3.05, 3.63) is 102 Å². The van der Waals surface area contributed by atoms with Gasteiger partial charge in [0.15, 0.2) is 0 Å². The summed E-state index contributed by atoms with van der Waals surface area (Å²) in [6, 6.07) is 30.1. The Morgan fingerprint density at radius 3 is 1.31 bits per heavy atom. The van der Waals surface area contributed by atoms with E-state index in [1.165, 1.54) is 38.4 Å². The van der Waals surface area contributed by atoms with Crippen LogP contribution >= 0.6 is 0 Å².